The SMILES string of the molecule is C=C(CCOC)N1CCCCC1C(=O)OCC. The van der Waals surface area contributed by atoms with Gasteiger partial charge in [-0.3, -0.25) is 0 Å². The van der Waals surface area contributed by atoms with Crippen LogP contribution in [0.15, 0.2) is 12.3 Å². The van der Waals surface area contributed by atoms with Crippen molar-refractivity contribution in [3.63, 3.8) is 0 Å². The van der Waals surface area contributed by atoms with Crippen molar-refractivity contribution in [3.05, 3.63) is 12.3 Å². The number of piperidine rings is 1. The lowest BCUT2D eigenvalue weighted by Crippen LogP contribution is -2.44. The fourth-order valence-corrected chi connectivity index (χ4v) is 2.16. The van der Waals surface area contributed by atoms with E-state index in [2.05, 4.69) is 11.5 Å². The summed E-state index contributed by atoms with van der Waals surface area (Å²) in [5, 5.41) is 0. The number of hydrogen-bond acceptors (Lipinski definition) is 4. The molecule has 0 amide bonds. The van der Waals surface area contributed by atoms with Crippen LogP contribution in [0.25, 0.3) is 0 Å². The Labute approximate surface area is 104 Å². The summed E-state index contributed by atoms with van der Waals surface area (Å²) in [7, 11) is 1.67. The number of hydrogen-bond donors (Lipinski definition) is 0. The summed E-state index contributed by atoms with van der Waals surface area (Å²) in [6.07, 6.45) is 3.83. The van der Waals surface area contributed by atoms with Gasteiger partial charge < -0.3 is 14.4 Å². The second-order valence-corrected chi connectivity index (χ2v) is 4.27. The molecule has 0 bridgehead atoms. The summed E-state index contributed by atoms with van der Waals surface area (Å²) in [6, 6.07) is -0.145. The maximum Gasteiger partial charge on any atom is 0.328 e. The number of rotatable bonds is 6. The van der Waals surface area contributed by atoms with E-state index in [9.17, 15) is 4.79 Å². The predicted octanol–water partition coefficient (Wildman–Crippen LogP) is 1.95. The Hall–Kier alpha value is -1.03. The van der Waals surface area contributed by atoms with Gasteiger partial charge in [-0.25, -0.2) is 4.79 Å². The van der Waals surface area contributed by atoms with Gasteiger partial charge in [0, 0.05) is 25.8 Å². The molecule has 1 atom stereocenters. The second kappa shape index (κ2) is 7.33. The van der Waals surface area contributed by atoms with Crippen LogP contribution in [0.2, 0.25) is 0 Å². The first kappa shape index (κ1) is 14.0. The number of carbonyl (C=O) groups excluding carboxylic acids is 1. The van der Waals surface area contributed by atoms with Gasteiger partial charge in [-0.1, -0.05) is 6.58 Å². The molecule has 0 aromatic carbocycles. The highest BCUT2D eigenvalue weighted by atomic mass is 16.5. The average molecular weight is 241 g/mol. The number of ether oxygens (including phenoxy) is 2. The van der Waals surface area contributed by atoms with Crippen molar-refractivity contribution in [2.45, 2.75) is 38.6 Å². The van der Waals surface area contributed by atoms with Crippen molar-refractivity contribution < 1.29 is 14.3 Å². The summed E-state index contributed by atoms with van der Waals surface area (Å²) < 4.78 is 10.2. The molecule has 1 rings (SSSR count). The highest BCUT2D eigenvalue weighted by Gasteiger charge is 2.30. The molecule has 1 aliphatic heterocycles. The fourth-order valence-electron chi connectivity index (χ4n) is 2.16. The van der Waals surface area contributed by atoms with Gasteiger partial charge in [-0.2, -0.15) is 0 Å². The van der Waals surface area contributed by atoms with Gasteiger partial charge in [0.25, 0.3) is 0 Å². The molecule has 98 valence electrons. The molecule has 1 unspecified atom stereocenters. The Morgan fingerprint density at radius 3 is 2.88 bits per heavy atom. The van der Waals surface area contributed by atoms with Crippen molar-refractivity contribution in [2.75, 3.05) is 26.9 Å². The highest BCUT2D eigenvalue weighted by molar-refractivity contribution is 5.76. The van der Waals surface area contributed by atoms with Gasteiger partial charge in [-0.15, -0.1) is 0 Å². The number of carbonyl (C=O) groups is 1. The highest BCUT2D eigenvalue weighted by Crippen LogP contribution is 2.23. The van der Waals surface area contributed by atoms with Gasteiger partial charge >= 0.3 is 5.97 Å². The predicted molar refractivity (Wildman–Crippen MR) is 66.6 cm³/mol. The summed E-state index contributed by atoms with van der Waals surface area (Å²) in [4.78, 5) is 13.9. The van der Waals surface area contributed by atoms with Gasteiger partial charge in [-0.05, 0) is 26.2 Å². The standard InChI is InChI=1S/C13H23NO3/c1-4-17-13(15)12-7-5-6-9-14(12)11(2)8-10-16-3/h12H,2,4-10H2,1,3H3. The first-order valence-corrected chi connectivity index (χ1v) is 6.30. The van der Waals surface area contributed by atoms with Gasteiger partial charge in [0.2, 0.25) is 0 Å². The molecule has 1 fully saturated rings. The zero-order chi connectivity index (χ0) is 12.7. The van der Waals surface area contributed by atoms with Gasteiger partial charge in [0.15, 0.2) is 0 Å². The van der Waals surface area contributed by atoms with Crippen LogP contribution in [-0.4, -0.2) is 43.8 Å². The molecule has 0 N–H and O–H groups in total. The summed E-state index contributed by atoms with van der Waals surface area (Å²) >= 11 is 0. The quantitative estimate of drug-likeness (QED) is 0.666. The van der Waals surface area contributed by atoms with Crippen LogP contribution in [0.4, 0.5) is 0 Å². The first-order valence-electron chi connectivity index (χ1n) is 6.30. The lowest BCUT2D eigenvalue weighted by Gasteiger charge is -2.37. The molecule has 4 nitrogen and oxygen atoms in total. The Kier molecular flexibility index (Phi) is 6.05. The largest absolute Gasteiger partial charge is 0.464 e. The monoisotopic (exact) mass is 241 g/mol. The van der Waals surface area contributed by atoms with Crippen molar-refractivity contribution in [2.24, 2.45) is 0 Å². The second-order valence-electron chi connectivity index (χ2n) is 4.27. The zero-order valence-electron chi connectivity index (χ0n) is 10.9. The van der Waals surface area contributed by atoms with Crippen molar-refractivity contribution in [1.82, 2.24) is 4.90 Å². The van der Waals surface area contributed by atoms with Crippen LogP contribution in [0.5, 0.6) is 0 Å². The first-order chi connectivity index (χ1) is 8.20. The molecular weight excluding hydrogens is 218 g/mol. The average Bonchev–Trinajstić information content (AvgIpc) is 2.36. The smallest absolute Gasteiger partial charge is 0.328 e. The molecule has 0 saturated carbocycles. The lowest BCUT2D eigenvalue weighted by atomic mass is 10.0. The van der Waals surface area contributed by atoms with E-state index in [1.807, 2.05) is 6.92 Å². The maximum absolute atomic E-state index is 11.9. The van der Waals surface area contributed by atoms with Crippen molar-refractivity contribution >= 4 is 5.97 Å². The topological polar surface area (TPSA) is 38.8 Å². The Morgan fingerprint density at radius 2 is 2.24 bits per heavy atom. The Bertz CT molecular complexity index is 265. The number of likely N-dealkylation sites (tertiary alicyclic amines) is 1. The molecule has 0 spiro atoms. The summed E-state index contributed by atoms with van der Waals surface area (Å²) in [5.41, 5.74) is 0.976. The molecule has 0 radical (unpaired) electrons. The number of methoxy groups -OCH3 is 1. The third-order valence-corrected chi connectivity index (χ3v) is 3.06. The number of nitrogens with zero attached hydrogens (tertiary/aromatic N) is 1. The number of esters is 1. The summed E-state index contributed by atoms with van der Waals surface area (Å²) in [5.74, 6) is -0.120. The molecule has 0 aliphatic carbocycles. The minimum Gasteiger partial charge on any atom is -0.464 e. The molecule has 0 aromatic heterocycles. The third-order valence-electron chi connectivity index (χ3n) is 3.06. The minimum absolute atomic E-state index is 0.120. The fraction of sp³-hybridized carbons (Fsp3) is 0.769. The van der Waals surface area contributed by atoms with Crippen LogP contribution in [0.3, 0.4) is 0 Å². The molecule has 1 saturated heterocycles. The van der Waals surface area contributed by atoms with E-state index in [-0.39, 0.29) is 12.0 Å². The third kappa shape index (κ3) is 4.04. The summed E-state index contributed by atoms with van der Waals surface area (Å²) in [6.45, 7) is 7.86. The van der Waals surface area contributed by atoms with Crippen LogP contribution in [0.1, 0.15) is 32.6 Å². The normalized spacial score (nSPS) is 20.1. The van der Waals surface area contributed by atoms with Crippen LogP contribution in [0, 0.1) is 0 Å². The van der Waals surface area contributed by atoms with Crippen molar-refractivity contribution in [3.8, 4) is 0 Å². The molecule has 1 heterocycles. The van der Waals surface area contributed by atoms with Crippen LogP contribution in [-0.2, 0) is 14.3 Å². The van der Waals surface area contributed by atoms with E-state index in [0.717, 1.165) is 37.9 Å². The Balaban J connectivity index is 2.58. The molecule has 4 heteroatoms. The van der Waals surface area contributed by atoms with Crippen LogP contribution >= 0.6 is 0 Å². The van der Waals surface area contributed by atoms with E-state index < -0.39 is 0 Å². The van der Waals surface area contributed by atoms with E-state index in [4.69, 9.17) is 9.47 Å². The van der Waals surface area contributed by atoms with E-state index in [0.29, 0.717) is 13.2 Å². The minimum atomic E-state index is -0.145. The van der Waals surface area contributed by atoms with Crippen LogP contribution < -0.4 is 0 Å². The van der Waals surface area contributed by atoms with E-state index in [1.54, 1.807) is 7.11 Å². The van der Waals surface area contributed by atoms with E-state index >= 15 is 0 Å². The zero-order valence-corrected chi connectivity index (χ0v) is 10.9. The maximum atomic E-state index is 11.9. The molecule has 0 aromatic rings. The lowest BCUT2D eigenvalue weighted by molar-refractivity contribution is -0.150. The molecule has 17 heavy (non-hydrogen) atoms. The van der Waals surface area contributed by atoms with Gasteiger partial charge in [0.05, 0.1) is 13.2 Å². The Morgan fingerprint density at radius 1 is 1.47 bits per heavy atom. The van der Waals surface area contributed by atoms with Gasteiger partial charge in [0.1, 0.15) is 6.04 Å². The molecule has 1 aliphatic rings. The molecular formula is C13H23NO3. The van der Waals surface area contributed by atoms with E-state index in [1.165, 1.54) is 0 Å². The van der Waals surface area contributed by atoms with Crippen molar-refractivity contribution in [1.29, 1.82) is 0 Å².